The first-order valence-electron chi connectivity index (χ1n) is 10.8. The van der Waals surface area contributed by atoms with Crippen molar-refractivity contribution in [3.05, 3.63) is 87.5 Å². The molecule has 1 unspecified atom stereocenters. The molecule has 3 N–H and O–H groups in total. The van der Waals surface area contributed by atoms with Gasteiger partial charge in [-0.2, -0.15) is 0 Å². The molecule has 4 rings (SSSR count). The average Bonchev–Trinajstić information content (AvgIpc) is 3.15. The summed E-state index contributed by atoms with van der Waals surface area (Å²) >= 11 is 2.09. The first kappa shape index (κ1) is 23.7. The Morgan fingerprint density at radius 2 is 1.50 bits per heavy atom. The highest BCUT2D eigenvalue weighted by Crippen LogP contribution is 2.44. The topological polar surface area (TPSA) is 105 Å². The molecular weight excluding hydrogens is 547 g/mol. The molecule has 174 valence electrons. The Kier molecular flexibility index (Phi) is 7.46. The van der Waals surface area contributed by atoms with Crippen LogP contribution in [0.1, 0.15) is 29.9 Å². The molecule has 1 atom stereocenters. The molecular formula is C26H23IN2O5. The van der Waals surface area contributed by atoms with Crippen LogP contribution in [0.4, 0.5) is 10.5 Å². The van der Waals surface area contributed by atoms with E-state index in [-0.39, 0.29) is 25.4 Å². The number of benzene rings is 3. The number of carboxylic acids is 1. The molecule has 0 radical (unpaired) electrons. The fourth-order valence-corrected chi connectivity index (χ4v) is 4.62. The third-order valence-electron chi connectivity index (χ3n) is 5.73. The number of rotatable bonds is 8. The van der Waals surface area contributed by atoms with Crippen LogP contribution in [-0.2, 0) is 14.3 Å². The van der Waals surface area contributed by atoms with Gasteiger partial charge < -0.3 is 20.5 Å². The Balaban J connectivity index is 1.43. The molecule has 1 aliphatic rings. The summed E-state index contributed by atoms with van der Waals surface area (Å²) in [5.74, 6) is -1.67. The van der Waals surface area contributed by atoms with E-state index in [2.05, 4.69) is 33.2 Å². The van der Waals surface area contributed by atoms with Crippen LogP contribution in [0, 0.1) is 3.57 Å². The lowest BCUT2D eigenvalue weighted by Crippen LogP contribution is -2.44. The quantitative estimate of drug-likeness (QED) is 0.331. The second-order valence-electron chi connectivity index (χ2n) is 7.92. The van der Waals surface area contributed by atoms with Gasteiger partial charge in [-0.05, 0) is 63.4 Å². The van der Waals surface area contributed by atoms with Crippen LogP contribution in [0.2, 0.25) is 0 Å². The van der Waals surface area contributed by atoms with Gasteiger partial charge in [0.25, 0.3) is 0 Å². The molecule has 0 bridgehead atoms. The van der Waals surface area contributed by atoms with Crippen molar-refractivity contribution in [2.45, 2.75) is 24.8 Å². The summed E-state index contributed by atoms with van der Waals surface area (Å²) in [6.45, 7) is 0.101. The number of hydrogen-bond donors (Lipinski definition) is 3. The molecule has 8 heteroatoms. The maximum Gasteiger partial charge on any atom is 0.407 e. The molecule has 0 saturated heterocycles. The number of carbonyl (C=O) groups excluding carboxylic acids is 2. The van der Waals surface area contributed by atoms with Crippen LogP contribution in [0.25, 0.3) is 11.1 Å². The van der Waals surface area contributed by atoms with Crippen molar-refractivity contribution in [1.82, 2.24) is 5.32 Å². The summed E-state index contributed by atoms with van der Waals surface area (Å²) in [6.07, 6.45) is -1.10. The highest BCUT2D eigenvalue weighted by atomic mass is 127. The lowest BCUT2D eigenvalue weighted by atomic mass is 9.98. The predicted molar refractivity (Wildman–Crippen MR) is 137 cm³/mol. The Labute approximate surface area is 210 Å². The van der Waals surface area contributed by atoms with Gasteiger partial charge in [-0.1, -0.05) is 60.7 Å². The Bertz CT molecular complexity index is 1180. The molecule has 0 fully saturated rings. The molecule has 1 aliphatic carbocycles. The summed E-state index contributed by atoms with van der Waals surface area (Å²) in [5, 5.41) is 14.4. The lowest BCUT2D eigenvalue weighted by Gasteiger charge is -2.19. The smallest absolute Gasteiger partial charge is 0.407 e. The molecule has 0 spiro atoms. The van der Waals surface area contributed by atoms with Crippen molar-refractivity contribution in [2.75, 3.05) is 11.9 Å². The van der Waals surface area contributed by atoms with E-state index in [4.69, 9.17) is 9.84 Å². The molecule has 0 aromatic heterocycles. The molecule has 3 aromatic carbocycles. The van der Waals surface area contributed by atoms with Gasteiger partial charge in [0, 0.05) is 15.9 Å². The minimum Gasteiger partial charge on any atom is -0.481 e. The van der Waals surface area contributed by atoms with E-state index >= 15 is 0 Å². The monoisotopic (exact) mass is 570 g/mol. The number of carboxylic acid groups (broad SMARTS) is 1. The van der Waals surface area contributed by atoms with Crippen molar-refractivity contribution in [1.29, 1.82) is 0 Å². The highest BCUT2D eigenvalue weighted by Gasteiger charge is 2.30. The molecule has 7 nitrogen and oxygen atoms in total. The van der Waals surface area contributed by atoms with Crippen LogP contribution in [0.5, 0.6) is 0 Å². The fourth-order valence-electron chi connectivity index (χ4n) is 4.10. The van der Waals surface area contributed by atoms with Crippen LogP contribution in [0.15, 0.2) is 72.8 Å². The summed E-state index contributed by atoms with van der Waals surface area (Å²) < 4.78 is 6.35. The van der Waals surface area contributed by atoms with E-state index in [0.717, 1.165) is 25.8 Å². The number of fused-ring (bicyclic) bond motifs is 3. The van der Waals surface area contributed by atoms with E-state index in [9.17, 15) is 14.4 Å². The lowest BCUT2D eigenvalue weighted by molar-refractivity contribution is -0.137. The largest absolute Gasteiger partial charge is 0.481 e. The van der Waals surface area contributed by atoms with Crippen molar-refractivity contribution < 1.29 is 24.2 Å². The molecule has 2 amide bonds. The first-order chi connectivity index (χ1) is 16.4. The van der Waals surface area contributed by atoms with Crippen LogP contribution < -0.4 is 10.6 Å². The predicted octanol–water partition coefficient (Wildman–Crippen LogP) is 5.00. The highest BCUT2D eigenvalue weighted by molar-refractivity contribution is 14.1. The summed E-state index contributed by atoms with van der Waals surface area (Å²) in [5.41, 5.74) is 4.97. The fraction of sp³-hybridized carbons (Fsp3) is 0.192. The Morgan fingerprint density at radius 1 is 0.912 bits per heavy atom. The minimum absolute atomic E-state index is 0.0607. The van der Waals surface area contributed by atoms with Crippen molar-refractivity contribution >= 4 is 46.2 Å². The standard InChI is InChI=1S/C26H23IN2O5/c27-21-11-5-6-12-22(21)28-25(32)23(13-14-24(30)31)29-26(33)34-15-20-18-9-3-1-7-16(18)17-8-2-4-10-19(17)20/h1-12,20,23H,13-15H2,(H,28,32)(H,29,33)(H,30,31). The SMILES string of the molecule is O=C(O)CCC(NC(=O)OCC1c2ccccc2-c2ccccc21)C(=O)Nc1ccccc1I. The third-order valence-corrected chi connectivity index (χ3v) is 6.67. The van der Waals surface area contributed by atoms with E-state index in [1.807, 2.05) is 60.7 Å². The number of nitrogens with one attached hydrogen (secondary N) is 2. The second kappa shape index (κ2) is 10.7. The van der Waals surface area contributed by atoms with Crippen LogP contribution in [-0.4, -0.2) is 35.7 Å². The average molecular weight is 570 g/mol. The number of hydrogen-bond acceptors (Lipinski definition) is 4. The number of ether oxygens (including phenoxy) is 1. The minimum atomic E-state index is -1.05. The molecule has 0 saturated carbocycles. The van der Waals surface area contributed by atoms with Gasteiger partial charge >= 0.3 is 12.1 Å². The van der Waals surface area contributed by atoms with Gasteiger partial charge in [0.1, 0.15) is 12.6 Å². The zero-order valence-electron chi connectivity index (χ0n) is 18.2. The van der Waals surface area contributed by atoms with E-state index in [1.54, 1.807) is 12.1 Å². The maximum atomic E-state index is 12.8. The number of carbonyl (C=O) groups is 3. The number of alkyl carbamates (subject to hydrolysis) is 1. The normalized spacial score (nSPS) is 12.9. The number of para-hydroxylation sites is 1. The Morgan fingerprint density at radius 3 is 2.12 bits per heavy atom. The van der Waals surface area contributed by atoms with Crippen LogP contribution in [0.3, 0.4) is 0 Å². The number of halogens is 1. The van der Waals surface area contributed by atoms with Crippen molar-refractivity contribution in [3.8, 4) is 11.1 Å². The second-order valence-corrected chi connectivity index (χ2v) is 9.09. The zero-order valence-corrected chi connectivity index (χ0v) is 20.3. The molecule has 0 heterocycles. The summed E-state index contributed by atoms with van der Waals surface area (Å²) in [4.78, 5) is 36.5. The summed E-state index contributed by atoms with van der Waals surface area (Å²) in [6, 6.07) is 22.1. The first-order valence-corrected chi connectivity index (χ1v) is 11.9. The molecule has 0 aliphatic heterocycles. The van der Waals surface area contributed by atoms with Gasteiger partial charge in [0.05, 0.1) is 5.69 Å². The van der Waals surface area contributed by atoms with Gasteiger partial charge in [-0.25, -0.2) is 4.79 Å². The van der Waals surface area contributed by atoms with Gasteiger partial charge in [0.15, 0.2) is 0 Å². The number of aliphatic carboxylic acids is 1. The van der Waals surface area contributed by atoms with E-state index < -0.39 is 24.0 Å². The maximum absolute atomic E-state index is 12.8. The number of amides is 2. The van der Waals surface area contributed by atoms with Gasteiger partial charge in [-0.3, -0.25) is 9.59 Å². The summed E-state index contributed by atoms with van der Waals surface area (Å²) in [7, 11) is 0. The van der Waals surface area contributed by atoms with Gasteiger partial charge in [0.2, 0.25) is 5.91 Å². The molecule has 3 aromatic rings. The van der Waals surface area contributed by atoms with Gasteiger partial charge in [-0.15, -0.1) is 0 Å². The Hall–Kier alpha value is -3.40. The van der Waals surface area contributed by atoms with Crippen LogP contribution >= 0.6 is 22.6 Å². The van der Waals surface area contributed by atoms with E-state index in [1.165, 1.54) is 0 Å². The number of anilines is 1. The van der Waals surface area contributed by atoms with Crippen molar-refractivity contribution in [3.63, 3.8) is 0 Å². The van der Waals surface area contributed by atoms with Crippen molar-refractivity contribution in [2.24, 2.45) is 0 Å². The molecule has 34 heavy (non-hydrogen) atoms. The third kappa shape index (κ3) is 5.39. The van der Waals surface area contributed by atoms with E-state index in [0.29, 0.717) is 5.69 Å². The zero-order chi connectivity index (χ0) is 24.1.